The second-order valence-corrected chi connectivity index (χ2v) is 7.90. The van der Waals surface area contributed by atoms with Crippen LogP contribution in [-0.2, 0) is 23.1 Å². The molecule has 0 radical (unpaired) electrons. The van der Waals surface area contributed by atoms with Crippen molar-refractivity contribution in [1.29, 1.82) is 0 Å². The minimum absolute atomic E-state index is 0.115. The number of hydrogen-bond donors (Lipinski definition) is 0. The van der Waals surface area contributed by atoms with Gasteiger partial charge in [0.1, 0.15) is 0 Å². The maximum absolute atomic E-state index is 12.7. The van der Waals surface area contributed by atoms with Crippen LogP contribution < -0.4 is 4.90 Å². The molecule has 0 aliphatic carbocycles. The summed E-state index contributed by atoms with van der Waals surface area (Å²) in [4.78, 5) is 33.2. The number of pyridine rings is 1. The highest BCUT2D eigenvalue weighted by atomic mass is 16.2. The van der Waals surface area contributed by atoms with Gasteiger partial charge in [-0.2, -0.15) is 5.10 Å². The van der Waals surface area contributed by atoms with Crippen LogP contribution in [0.2, 0.25) is 0 Å². The molecule has 1 atom stereocenters. The molecule has 1 spiro atoms. The van der Waals surface area contributed by atoms with Gasteiger partial charge in [-0.15, -0.1) is 0 Å². The summed E-state index contributed by atoms with van der Waals surface area (Å²) in [5.74, 6) is 0.304. The molecule has 1 unspecified atom stereocenters. The molecule has 2 amide bonds. The number of carbonyl (C=O) groups excluding carboxylic acids is 2. The molecule has 0 aromatic carbocycles. The van der Waals surface area contributed by atoms with E-state index in [0.717, 1.165) is 36.3 Å². The molecule has 0 N–H and O–H groups in total. The fraction of sp³-hybridized carbons (Fsp3) is 0.500. The van der Waals surface area contributed by atoms with Gasteiger partial charge >= 0.3 is 0 Å². The number of amides is 2. The van der Waals surface area contributed by atoms with Gasteiger partial charge in [-0.3, -0.25) is 19.3 Å². The molecule has 2 aromatic heterocycles. The third-order valence-corrected chi connectivity index (χ3v) is 5.70. The van der Waals surface area contributed by atoms with Gasteiger partial charge in [0.05, 0.1) is 11.9 Å². The molecule has 0 saturated carbocycles. The van der Waals surface area contributed by atoms with Gasteiger partial charge in [0.25, 0.3) is 0 Å². The Kier molecular flexibility index (Phi) is 4.45. The van der Waals surface area contributed by atoms with Crippen molar-refractivity contribution >= 4 is 17.5 Å². The normalized spacial score (nSPS) is 22.2. The van der Waals surface area contributed by atoms with Gasteiger partial charge in [0, 0.05) is 63.0 Å². The van der Waals surface area contributed by atoms with Crippen LogP contribution in [0.1, 0.15) is 30.5 Å². The second-order valence-electron chi connectivity index (χ2n) is 7.90. The molecule has 7 nitrogen and oxygen atoms in total. The van der Waals surface area contributed by atoms with Gasteiger partial charge in [-0.1, -0.05) is 0 Å². The van der Waals surface area contributed by atoms with Crippen molar-refractivity contribution < 1.29 is 9.59 Å². The topological polar surface area (TPSA) is 71.3 Å². The predicted octanol–water partition coefficient (Wildman–Crippen LogP) is 1.71. The summed E-state index contributed by atoms with van der Waals surface area (Å²) in [6, 6.07) is 3.99. The first-order valence-corrected chi connectivity index (χ1v) is 9.42. The quantitative estimate of drug-likeness (QED) is 0.825. The van der Waals surface area contributed by atoms with E-state index in [1.54, 1.807) is 17.1 Å². The highest BCUT2D eigenvalue weighted by Gasteiger charge is 2.48. The fourth-order valence-electron chi connectivity index (χ4n) is 4.27. The maximum Gasteiger partial charge on any atom is 0.227 e. The van der Waals surface area contributed by atoms with Gasteiger partial charge < -0.3 is 9.80 Å². The summed E-state index contributed by atoms with van der Waals surface area (Å²) >= 11 is 0. The Hall–Kier alpha value is -2.70. The van der Waals surface area contributed by atoms with Crippen molar-refractivity contribution in [2.75, 3.05) is 24.5 Å². The van der Waals surface area contributed by atoms with Crippen LogP contribution >= 0.6 is 0 Å². The third kappa shape index (κ3) is 3.59. The Morgan fingerprint density at radius 1 is 1.33 bits per heavy atom. The van der Waals surface area contributed by atoms with Crippen molar-refractivity contribution in [1.82, 2.24) is 19.7 Å². The van der Waals surface area contributed by atoms with E-state index in [9.17, 15) is 9.59 Å². The van der Waals surface area contributed by atoms with Gasteiger partial charge in [0.15, 0.2) is 0 Å². The number of anilines is 1. The Bertz CT molecular complexity index is 877. The highest BCUT2D eigenvalue weighted by molar-refractivity contribution is 5.96. The molecule has 7 heteroatoms. The second kappa shape index (κ2) is 6.79. The van der Waals surface area contributed by atoms with E-state index in [1.165, 1.54) is 0 Å². The predicted molar refractivity (Wildman–Crippen MR) is 101 cm³/mol. The van der Waals surface area contributed by atoms with Crippen molar-refractivity contribution in [2.24, 2.45) is 12.5 Å². The lowest BCUT2D eigenvalue weighted by molar-refractivity contribution is -0.130. The summed E-state index contributed by atoms with van der Waals surface area (Å²) < 4.78 is 1.71. The molecule has 4 rings (SSSR count). The smallest absolute Gasteiger partial charge is 0.227 e. The molecule has 2 aromatic rings. The average Bonchev–Trinajstić information content (AvgIpc) is 3.32. The summed E-state index contributed by atoms with van der Waals surface area (Å²) in [6.45, 7) is 4.04. The van der Waals surface area contributed by atoms with Gasteiger partial charge in [-0.25, -0.2) is 0 Å². The maximum atomic E-state index is 12.7. The Morgan fingerprint density at radius 3 is 2.93 bits per heavy atom. The first kappa shape index (κ1) is 17.7. The number of aryl methyl sites for hydroxylation is 3. The molecular weight excluding hydrogens is 342 g/mol. The van der Waals surface area contributed by atoms with E-state index in [0.29, 0.717) is 25.9 Å². The molecule has 142 valence electrons. The summed E-state index contributed by atoms with van der Waals surface area (Å²) in [5.41, 5.74) is 2.84. The Labute approximate surface area is 159 Å². The standard InChI is InChI=1S/C20H25N5O2/c1-15-9-16(5-7-21-15)3-4-18(26)24-8-6-20(13-24)10-19(27)25(14-20)17-11-22-23(2)12-17/h5,7,9,11-12H,3-4,6,8,10,13-14H2,1-2H3. The van der Waals surface area contributed by atoms with Crippen LogP contribution in [-0.4, -0.2) is 51.1 Å². The van der Waals surface area contributed by atoms with Crippen LogP contribution in [0.5, 0.6) is 0 Å². The lowest BCUT2D eigenvalue weighted by atomic mass is 9.86. The lowest BCUT2D eigenvalue weighted by Crippen LogP contribution is -2.34. The van der Waals surface area contributed by atoms with Crippen LogP contribution in [0.3, 0.4) is 0 Å². The van der Waals surface area contributed by atoms with Crippen molar-refractivity contribution in [3.63, 3.8) is 0 Å². The van der Waals surface area contributed by atoms with Crippen LogP contribution in [0.4, 0.5) is 5.69 Å². The van der Waals surface area contributed by atoms with Gasteiger partial charge in [0.2, 0.25) is 11.8 Å². The summed E-state index contributed by atoms with van der Waals surface area (Å²) in [7, 11) is 1.85. The van der Waals surface area contributed by atoms with Crippen LogP contribution in [0, 0.1) is 12.3 Å². The minimum atomic E-state index is -0.115. The molecule has 4 heterocycles. The van der Waals surface area contributed by atoms with E-state index in [1.807, 2.05) is 42.1 Å². The average molecular weight is 367 g/mol. The first-order valence-electron chi connectivity index (χ1n) is 9.42. The number of rotatable bonds is 4. The molecule has 27 heavy (non-hydrogen) atoms. The highest BCUT2D eigenvalue weighted by Crippen LogP contribution is 2.41. The molecule has 2 aliphatic heterocycles. The molecule has 0 bridgehead atoms. The van der Waals surface area contributed by atoms with Crippen molar-refractivity contribution in [3.8, 4) is 0 Å². The van der Waals surface area contributed by atoms with E-state index < -0.39 is 0 Å². The summed E-state index contributed by atoms with van der Waals surface area (Å²) in [5, 5.41) is 4.17. The number of aromatic nitrogens is 3. The molecule has 2 saturated heterocycles. The Balaban J connectivity index is 1.36. The van der Waals surface area contributed by atoms with E-state index >= 15 is 0 Å². The van der Waals surface area contributed by atoms with Crippen LogP contribution in [0.15, 0.2) is 30.7 Å². The SMILES string of the molecule is Cc1cc(CCC(=O)N2CCC3(CC(=O)N(c4cnn(C)c4)C3)C2)ccn1. The lowest BCUT2D eigenvalue weighted by Gasteiger charge is -2.23. The Morgan fingerprint density at radius 2 is 2.19 bits per heavy atom. The van der Waals surface area contributed by atoms with E-state index in [-0.39, 0.29) is 17.2 Å². The number of nitrogens with zero attached hydrogens (tertiary/aromatic N) is 5. The fourth-order valence-corrected chi connectivity index (χ4v) is 4.27. The minimum Gasteiger partial charge on any atom is -0.342 e. The van der Waals surface area contributed by atoms with E-state index in [2.05, 4.69) is 10.1 Å². The molecule has 2 fully saturated rings. The van der Waals surface area contributed by atoms with Crippen molar-refractivity contribution in [3.05, 3.63) is 42.0 Å². The largest absolute Gasteiger partial charge is 0.342 e. The zero-order valence-corrected chi connectivity index (χ0v) is 15.9. The number of likely N-dealkylation sites (tertiary alicyclic amines) is 1. The third-order valence-electron chi connectivity index (χ3n) is 5.70. The van der Waals surface area contributed by atoms with Crippen LogP contribution in [0.25, 0.3) is 0 Å². The first-order chi connectivity index (χ1) is 12.9. The number of hydrogen-bond acceptors (Lipinski definition) is 4. The van der Waals surface area contributed by atoms with Crippen molar-refractivity contribution in [2.45, 2.75) is 32.6 Å². The zero-order valence-electron chi connectivity index (χ0n) is 15.9. The molecule has 2 aliphatic rings. The molecular formula is C20H25N5O2. The zero-order chi connectivity index (χ0) is 19.0. The monoisotopic (exact) mass is 367 g/mol. The van der Waals surface area contributed by atoms with E-state index in [4.69, 9.17) is 0 Å². The number of carbonyl (C=O) groups is 2. The summed E-state index contributed by atoms with van der Waals surface area (Å²) in [6.07, 6.45) is 8.01. The van der Waals surface area contributed by atoms with Gasteiger partial charge in [-0.05, 0) is 37.5 Å².